The van der Waals surface area contributed by atoms with E-state index in [1.165, 1.54) is 0 Å². The topological polar surface area (TPSA) is 34.1 Å². The molecule has 1 aromatic carbocycles. The Kier molecular flexibility index (Phi) is 4.57. The van der Waals surface area contributed by atoms with Gasteiger partial charge in [-0.1, -0.05) is 23.7 Å². The van der Waals surface area contributed by atoms with E-state index in [2.05, 4.69) is 0 Å². The Bertz CT molecular complexity index is 513. The lowest BCUT2D eigenvalue weighted by Crippen LogP contribution is -2.20. The summed E-state index contributed by atoms with van der Waals surface area (Å²) in [5.74, 6) is 1.48. The molecule has 1 aliphatic heterocycles. The lowest BCUT2D eigenvalue weighted by Gasteiger charge is -2.20. The summed E-state index contributed by atoms with van der Waals surface area (Å²) in [7, 11) is -2.84. The van der Waals surface area contributed by atoms with E-state index in [0.717, 1.165) is 18.4 Å². The minimum Gasteiger partial charge on any atom is -0.229 e. The summed E-state index contributed by atoms with van der Waals surface area (Å²) < 4.78 is 23.0. The van der Waals surface area contributed by atoms with Gasteiger partial charge in [-0.15, -0.1) is 11.6 Å². The van der Waals surface area contributed by atoms with Gasteiger partial charge in [0.2, 0.25) is 0 Å². The van der Waals surface area contributed by atoms with Crippen molar-refractivity contribution in [2.75, 3.05) is 17.4 Å². The van der Waals surface area contributed by atoms with E-state index < -0.39 is 9.84 Å². The molecule has 2 nitrogen and oxygen atoms in total. The van der Waals surface area contributed by atoms with Gasteiger partial charge in [0.15, 0.2) is 9.84 Å². The average molecular weight is 307 g/mol. The van der Waals surface area contributed by atoms with Crippen LogP contribution < -0.4 is 0 Å². The molecule has 0 N–H and O–H groups in total. The smallest absolute Gasteiger partial charge is 0.150 e. The van der Waals surface area contributed by atoms with E-state index in [-0.39, 0.29) is 17.6 Å². The molecular formula is C13H16Cl2O2S. The van der Waals surface area contributed by atoms with Gasteiger partial charge >= 0.3 is 0 Å². The van der Waals surface area contributed by atoms with Crippen molar-refractivity contribution < 1.29 is 8.42 Å². The largest absolute Gasteiger partial charge is 0.229 e. The second kappa shape index (κ2) is 5.81. The fourth-order valence-corrected chi connectivity index (χ4v) is 5.00. The van der Waals surface area contributed by atoms with E-state index in [0.29, 0.717) is 16.7 Å². The third-order valence-corrected chi connectivity index (χ3v) is 5.94. The number of benzene rings is 1. The predicted molar refractivity (Wildman–Crippen MR) is 76.1 cm³/mol. The first kappa shape index (κ1) is 14.2. The lowest BCUT2D eigenvalue weighted by molar-refractivity contribution is 0.398. The van der Waals surface area contributed by atoms with Crippen LogP contribution in [0.3, 0.4) is 0 Å². The van der Waals surface area contributed by atoms with Crippen molar-refractivity contribution in [3.63, 3.8) is 0 Å². The van der Waals surface area contributed by atoms with E-state index in [1.807, 2.05) is 24.3 Å². The van der Waals surface area contributed by atoms with E-state index in [9.17, 15) is 8.42 Å². The van der Waals surface area contributed by atoms with Crippen LogP contribution in [0.4, 0.5) is 0 Å². The summed E-state index contributed by atoms with van der Waals surface area (Å²) >= 11 is 12.0. The summed E-state index contributed by atoms with van der Waals surface area (Å²) in [6, 6.07) is 7.68. The Balaban J connectivity index is 2.06. The first-order chi connectivity index (χ1) is 8.50. The normalized spacial score (nSPS) is 24.0. The molecule has 0 amide bonds. The zero-order valence-electron chi connectivity index (χ0n) is 9.98. The summed E-state index contributed by atoms with van der Waals surface area (Å²) in [5.41, 5.74) is 1.12. The van der Waals surface area contributed by atoms with Gasteiger partial charge < -0.3 is 0 Å². The minimum absolute atomic E-state index is 0.187. The molecule has 1 heterocycles. The maximum atomic E-state index is 11.5. The molecule has 1 aliphatic rings. The highest BCUT2D eigenvalue weighted by molar-refractivity contribution is 7.91. The van der Waals surface area contributed by atoms with Crippen molar-refractivity contribution in [3.8, 4) is 0 Å². The van der Waals surface area contributed by atoms with Crippen molar-refractivity contribution in [2.24, 2.45) is 11.8 Å². The van der Waals surface area contributed by atoms with Crippen molar-refractivity contribution in [1.29, 1.82) is 0 Å². The highest BCUT2D eigenvalue weighted by Gasteiger charge is 2.33. The third kappa shape index (κ3) is 3.62. The molecule has 0 aromatic heterocycles. The molecule has 5 heteroatoms. The Labute approximate surface area is 118 Å². The van der Waals surface area contributed by atoms with Gasteiger partial charge in [0.05, 0.1) is 11.5 Å². The summed E-state index contributed by atoms with van der Waals surface area (Å²) in [5, 5.41) is 0.708. The number of alkyl halides is 1. The van der Waals surface area contributed by atoms with Gasteiger partial charge in [-0.2, -0.15) is 0 Å². The number of hydrogen-bond acceptors (Lipinski definition) is 2. The number of hydrogen-bond donors (Lipinski definition) is 0. The summed E-state index contributed by atoms with van der Waals surface area (Å²) in [4.78, 5) is 0. The Morgan fingerprint density at radius 1 is 1.39 bits per heavy atom. The lowest BCUT2D eigenvalue weighted by atomic mass is 9.88. The molecule has 2 atom stereocenters. The van der Waals surface area contributed by atoms with Crippen LogP contribution in [0.15, 0.2) is 24.3 Å². The molecule has 1 saturated heterocycles. The average Bonchev–Trinajstić information content (AvgIpc) is 2.66. The SMILES string of the molecule is O=S1(=O)CCC(C(CCl)Cc2cccc(Cl)c2)C1. The second-order valence-corrected chi connectivity index (χ2v) is 7.89. The zero-order chi connectivity index (χ0) is 13.2. The predicted octanol–water partition coefficient (Wildman–Crippen LogP) is 3.17. The van der Waals surface area contributed by atoms with Crippen LogP contribution in [-0.2, 0) is 16.3 Å². The second-order valence-electron chi connectivity index (χ2n) is 4.91. The standard InChI is InChI=1S/C13H16Cl2O2S/c14-8-12(11-4-5-18(16,17)9-11)6-10-2-1-3-13(15)7-10/h1-3,7,11-12H,4-6,8-9H2. The quantitative estimate of drug-likeness (QED) is 0.801. The van der Waals surface area contributed by atoms with Crippen LogP contribution in [0.5, 0.6) is 0 Å². The van der Waals surface area contributed by atoms with Gasteiger partial charge in [-0.05, 0) is 42.4 Å². The molecule has 0 saturated carbocycles. The highest BCUT2D eigenvalue weighted by atomic mass is 35.5. The van der Waals surface area contributed by atoms with Gasteiger partial charge in [0.25, 0.3) is 0 Å². The van der Waals surface area contributed by atoms with Crippen LogP contribution in [0.2, 0.25) is 5.02 Å². The molecule has 18 heavy (non-hydrogen) atoms. The molecular weight excluding hydrogens is 291 g/mol. The summed E-state index contributed by atoms with van der Waals surface area (Å²) in [6.07, 6.45) is 1.53. The molecule has 2 unspecified atom stereocenters. The number of rotatable bonds is 4. The summed E-state index contributed by atoms with van der Waals surface area (Å²) in [6.45, 7) is 0. The van der Waals surface area contributed by atoms with Crippen LogP contribution in [-0.4, -0.2) is 25.8 Å². The molecule has 1 aromatic rings. The molecule has 0 radical (unpaired) electrons. The van der Waals surface area contributed by atoms with Crippen molar-refractivity contribution >= 4 is 33.0 Å². The maximum absolute atomic E-state index is 11.5. The molecule has 2 rings (SSSR count). The van der Waals surface area contributed by atoms with Crippen molar-refractivity contribution in [3.05, 3.63) is 34.9 Å². The minimum atomic E-state index is -2.84. The van der Waals surface area contributed by atoms with Crippen LogP contribution >= 0.6 is 23.2 Å². The maximum Gasteiger partial charge on any atom is 0.150 e. The first-order valence-corrected chi connectivity index (χ1v) is 8.74. The van der Waals surface area contributed by atoms with E-state index in [1.54, 1.807) is 0 Å². The number of sulfone groups is 1. The fraction of sp³-hybridized carbons (Fsp3) is 0.538. The van der Waals surface area contributed by atoms with Gasteiger partial charge in [-0.25, -0.2) is 8.42 Å². The Morgan fingerprint density at radius 2 is 2.17 bits per heavy atom. The first-order valence-electron chi connectivity index (χ1n) is 6.01. The Hall–Kier alpha value is -0.250. The van der Waals surface area contributed by atoms with E-state index in [4.69, 9.17) is 23.2 Å². The van der Waals surface area contributed by atoms with Crippen LogP contribution in [0.1, 0.15) is 12.0 Å². The third-order valence-electron chi connectivity index (χ3n) is 3.52. The fourth-order valence-electron chi connectivity index (χ4n) is 2.51. The molecule has 0 spiro atoms. The molecule has 0 aliphatic carbocycles. The number of halogens is 2. The van der Waals surface area contributed by atoms with Crippen molar-refractivity contribution in [2.45, 2.75) is 12.8 Å². The molecule has 100 valence electrons. The van der Waals surface area contributed by atoms with Gasteiger partial charge in [0.1, 0.15) is 0 Å². The highest BCUT2D eigenvalue weighted by Crippen LogP contribution is 2.29. The van der Waals surface area contributed by atoms with Gasteiger partial charge in [-0.3, -0.25) is 0 Å². The molecule has 1 fully saturated rings. The van der Waals surface area contributed by atoms with Crippen molar-refractivity contribution in [1.82, 2.24) is 0 Å². The van der Waals surface area contributed by atoms with Gasteiger partial charge in [0, 0.05) is 10.9 Å². The van der Waals surface area contributed by atoms with Crippen LogP contribution in [0, 0.1) is 11.8 Å². The van der Waals surface area contributed by atoms with Crippen LogP contribution in [0.25, 0.3) is 0 Å². The zero-order valence-corrected chi connectivity index (χ0v) is 12.3. The van der Waals surface area contributed by atoms with E-state index >= 15 is 0 Å². The molecule has 0 bridgehead atoms. The monoisotopic (exact) mass is 306 g/mol. The Morgan fingerprint density at radius 3 is 2.72 bits per heavy atom.